The van der Waals surface area contributed by atoms with Crippen LogP contribution in [0, 0.1) is 0 Å². The zero-order valence-corrected chi connectivity index (χ0v) is 11.0. The number of hydrogen-bond acceptors (Lipinski definition) is 3. The number of carbonyl (C=O) groups excluding carboxylic acids is 1. The van der Waals surface area contributed by atoms with Gasteiger partial charge in [-0.25, -0.2) is 0 Å². The third kappa shape index (κ3) is 3.86. The van der Waals surface area contributed by atoms with Crippen molar-refractivity contribution in [3.63, 3.8) is 0 Å². The van der Waals surface area contributed by atoms with Crippen molar-refractivity contribution in [1.29, 1.82) is 0 Å². The van der Waals surface area contributed by atoms with E-state index in [-0.39, 0.29) is 11.9 Å². The van der Waals surface area contributed by atoms with Crippen LogP contribution in [0.4, 0.5) is 0 Å². The first kappa shape index (κ1) is 13.7. The van der Waals surface area contributed by atoms with Crippen LogP contribution in [0.2, 0.25) is 0 Å². The smallest absolute Gasteiger partial charge is 0.314 e. The summed E-state index contributed by atoms with van der Waals surface area (Å²) in [5.74, 6) is -0.391. The first-order valence-electron chi connectivity index (χ1n) is 5.89. The number of nitrogens with zero attached hydrogens (tertiary/aromatic N) is 1. The van der Waals surface area contributed by atoms with Crippen molar-refractivity contribution in [3.8, 4) is 0 Å². The molecule has 0 heterocycles. The Balaban J connectivity index is 2.86. The predicted octanol–water partition coefficient (Wildman–Crippen LogP) is 2.28. The third-order valence-corrected chi connectivity index (χ3v) is 3.04. The van der Waals surface area contributed by atoms with Crippen LogP contribution in [-0.2, 0) is 9.53 Å². The Bertz CT molecular complexity index is 348. The summed E-state index contributed by atoms with van der Waals surface area (Å²) < 4.78 is 4.88. The summed E-state index contributed by atoms with van der Waals surface area (Å²) in [5.41, 5.74) is 1.01. The second-order valence-electron chi connectivity index (χ2n) is 4.52. The molecule has 1 unspecified atom stereocenters. The van der Waals surface area contributed by atoms with E-state index in [1.54, 1.807) is 0 Å². The number of methoxy groups -OCH3 is 1. The molecule has 0 radical (unpaired) electrons. The number of rotatable bonds is 5. The topological polar surface area (TPSA) is 29.5 Å². The predicted molar refractivity (Wildman–Crippen MR) is 69.0 cm³/mol. The van der Waals surface area contributed by atoms with E-state index in [9.17, 15) is 4.79 Å². The average molecular weight is 235 g/mol. The molecule has 0 N–H and O–H groups in total. The maximum atomic E-state index is 11.8. The molecule has 0 aliphatic rings. The van der Waals surface area contributed by atoms with Gasteiger partial charge in [0.1, 0.15) is 0 Å². The second-order valence-corrected chi connectivity index (χ2v) is 4.52. The van der Waals surface area contributed by atoms with E-state index < -0.39 is 0 Å². The van der Waals surface area contributed by atoms with Crippen LogP contribution in [0.3, 0.4) is 0 Å². The molecule has 0 bridgehead atoms. The van der Waals surface area contributed by atoms with Crippen LogP contribution in [-0.4, -0.2) is 37.6 Å². The number of ether oxygens (including phenoxy) is 1. The largest absolute Gasteiger partial charge is 0.469 e. The van der Waals surface area contributed by atoms with Crippen LogP contribution in [0.15, 0.2) is 30.3 Å². The lowest BCUT2D eigenvalue weighted by Crippen LogP contribution is -2.34. The van der Waals surface area contributed by atoms with Crippen molar-refractivity contribution in [3.05, 3.63) is 35.9 Å². The van der Waals surface area contributed by atoms with Crippen molar-refractivity contribution in [2.45, 2.75) is 25.8 Å². The van der Waals surface area contributed by atoms with Crippen LogP contribution >= 0.6 is 0 Å². The number of likely N-dealkylation sites (N-methyl/N-ethyl adjacent to an activating group) is 1. The molecular formula is C14H21NO2. The SMILES string of the molecule is COC(=O)C(CN(C)C(C)C)c1ccccc1. The Kier molecular flexibility index (Phi) is 5.16. The Hall–Kier alpha value is -1.35. The molecule has 1 rings (SSSR count). The minimum absolute atomic E-state index is 0.177. The maximum Gasteiger partial charge on any atom is 0.314 e. The molecular weight excluding hydrogens is 214 g/mol. The van der Waals surface area contributed by atoms with Gasteiger partial charge in [0.05, 0.1) is 13.0 Å². The maximum absolute atomic E-state index is 11.8. The van der Waals surface area contributed by atoms with Gasteiger partial charge >= 0.3 is 5.97 Å². The minimum atomic E-state index is -0.214. The molecule has 0 spiro atoms. The lowest BCUT2D eigenvalue weighted by Gasteiger charge is -2.25. The Labute approximate surface area is 103 Å². The van der Waals surface area contributed by atoms with E-state index >= 15 is 0 Å². The van der Waals surface area contributed by atoms with E-state index in [0.717, 1.165) is 5.56 Å². The number of esters is 1. The third-order valence-electron chi connectivity index (χ3n) is 3.04. The van der Waals surface area contributed by atoms with Gasteiger partial charge in [0.15, 0.2) is 0 Å². The Morgan fingerprint density at radius 1 is 1.29 bits per heavy atom. The first-order chi connectivity index (χ1) is 8.06. The van der Waals surface area contributed by atoms with Crippen LogP contribution in [0.25, 0.3) is 0 Å². The molecule has 0 aromatic heterocycles. The zero-order chi connectivity index (χ0) is 12.8. The van der Waals surface area contributed by atoms with E-state index in [2.05, 4.69) is 18.7 Å². The monoisotopic (exact) mass is 235 g/mol. The highest BCUT2D eigenvalue weighted by Gasteiger charge is 2.23. The lowest BCUT2D eigenvalue weighted by atomic mass is 9.98. The lowest BCUT2D eigenvalue weighted by molar-refractivity contribution is -0.143. The molecule has 0 amide bonds. The molecule has 17 heavy (non-hydrogen) atoms. The highest BCUT2D eigenvalue weighted by Crippen LogP contribution is 2.19. The van der Waals surface area contributed by atoms with E-state index in [4.69, 9.17) is 4.74 Å². The van der Waals surface area contributed by atoms with E-state index in [1.807, 2.05) is 37.4 Å². The van der Waals surface area contributed by atoms with Gasteiger partial charge in [-0.15, -0.1) is 0 Å². The Morgan fingerprint density at radius 3 is 2.35 bits per heavy atom. The summed E-state index contributed by atoms with van der Waals surface area (Å²) in [6.45, 7) is 4.90. The minimum Gasteiger partial charge on any atom is -0.469 e. The van der Waals surface area contributed by atoms with Crippen LogP contribution in [0.1, 0.15) is 25.3 Å². The van der Waals surface area contributed by atoms with Crippen molar-refractivity contribution in [2.75, 3.05) is 20.7 Å². The Morgan fingerprint density at radius 2 is 1.88 bits per heavy atom. The van der Waals surface area contributed by atoms with Gasteiger partial charge < -0.3 is 9.64 Å². The second kappa shape index (κ2) is 6.40. The molecule has 0 aliphatic carbocycles. The molecule has 1 aromatic rings. The normalized spacial score (nSPS) is 12.8. The molecule has 0 aliphatic heterocycles. The van der Waals surface area contributed by atoms with E-state index in [1.165, 1.54) is 7.11 Å². The quantitative estimate of drug-likeness (QED) is 0.733. The number of carbonyl (C=O) groups is 1. The van der Waals surface area contributed by atoms with Crippen molar-refractivity contribution >= 4 is 5.97 Å². The summed E-state index contributed by atoms with van der Waals surface area (Å²) in [6.07, 6.45) is 0. The van der Waals surface area contributed by atoms with Gasteiger partial charge in [0.2, 0.25) is 0 Å². The number of benzene rings is 1. The van der Waals surface area contributed by atoms with Crippen molar-refractivity contribution < 1.29 is 9.53 Å². The first-order valence-corrected chi connectivity index (χ1v) is 5.89. The summed E-state index contributed by atoms with van der Waals surface area (Å²) in [5, 5.41) is 0. The summed E-state index contributed by atoms with van der Waals surface area (Å²) in [4.78, 5) is 14.0. The standard InChI is InChI=1S/C14H21NO2/c1-11(2)15(3)10-13(14(16)17-4)12-8-6-5-7-9-12/h5-9,11,13H,10H2,1-4H3. The van der Waals surface area contributed by atoms with Crippen LogP contribution < -0.4 is 0 Å². The molecule has 3 heteroatoms. The zero-order valence-electron chi connectivity index (χ0n) is 11.0. The van der Waals surface area contributed by atoms with Gasteiger partial charge in [-0.05, 0) is 26.5 Å². The van der Waals surface area contributed by atoms with Crippen molar-refractivity contribution in [1.82, 2.24) is 4.90 Å². The summed E-state index contributed by atoms with van der Waals surface area (Å²) >= 11 is 0. The summed E-state index contributed by atoms with van der Waals surface area (Å²) in [6, 6.07) is 10.2. The molecule has 0 saturated heterocycles. The molecule has 1 atom stereocenters. The highest BCUT2D eigenvalue weighted by molar-refractivity contribution is 5.78. The van der Waals surface area contributed by atoms with Crippen molar-refractivity contribution in [2.24, 2.45) is 0 Å². The van der Waals surface area contributed by atoms with Gasteiger partial charge in [0, 0.05) is 12.6 Å². The molecule has 3 nitrogen and oxygen atoms in total. The van der Waals surface area contributed by atoms with E-state index in [0.29, 0.717) is 12.6 Å². The van der Waals surface area contributed by atoms with Crippen LogP contribution in [0.5, 0.6) is 0 Å². The summed E-state index contributed by atoms with van der Waals surface area (Å²) in [7, 11) is 3.46. The van der Waals surface area contributed by atoms with Gasteiger partial charge in [0.25, 0.3) is 0 Å². The molecule has 94 valence electrons. The number of hydrogen-bond donors (Lipinski definition) is 0. The fraction of sp³-hybridized carbons (Fsp3) is 0.500. The fourth-order valence-electron chi connectivity index (χ4n) is 1.64. The average Bonchev–Trinajstić information content (AvgIpc) is 2.35. The molecule has 0 fully saturated rings. The van der Waals surface area contributed by atoms with Gasteiger partial charge in [-0.3, -0.25) is 4.79 Å². The van der Waals surface area contributed by atoms with Gasteiger partial charge in [-0.2, -0.15) is 0 Å². The highest BCUT2D eigenvalue weighted by atomic mass is 16.5. The fourth-order valence-corrected chi connectivity index (χ4v) is 1.64. The molecule has 0 saturated carbocycles. The molecule has 1 aromatic carbocycles. The van der Waals surface area contributed by atoms with Gasteiger partial charge in [-0.1, -0.05) is 30.3 Å².